The third-order valence-electron chi connectivity index (χ3n) is 2.70. The molecular weight excluding hydrogens is 292 g/mol. The number of nitrogens with one attached hydrogen (secondary N) is 1. The Morgan fingerprint density at radius 2 is 2.17 bits per heavy atom. The van der Waals surface area contributed by atoms with E-state index in [1.54, 1.807) is 6.20 Å². The number of nitrogens with zero attached hydrogens (tertiary/aromatic N) is 3. The van der Waals surface area contributed by atoms with Gasteiger partial charge in [0.1, 0.15) is 0 Å². The minimum absolute atomic E-state index is 0.444. The molecule has 1 N–H and O–H groups in total. The zero-order chi connectivity index (χ0) is 13.1. The zero-order valence-corrected chi connectivity index (χ0v) is 12.4. The minimum Gasteiger partial charge on any atom is -0.309 e. The van der Waals surface area contributed by atoms with E-state index in [1.807, 2.05) is 16.8 Å². The maximum Gasteiger partial charge on any atom is 0.0783 e. The monoisotopic (exact) mass is 308 g/mol. The Labute approximate surface area is 116 Å². The minimum atomic E-state index is 0.444. The van der Waals surface area contributed by atoms with Crippen LogP contribution in [-0.4, -0.2) is 21.0 Å². The smallest absolute Gasteiger partial charge is 0.0783 e. The van der Waals surface area contributed by atoms with Crippen LogP contribution >= 0.6 is 15.9 Å². The van der Waals surface area contributed by atoms with Crippen LogP contribution in [0.3, 0.4) is 0 Å². The van der Waals surface area contributed by atoms with Gasteiger partial charge in [-0.15, -0.1) is 5.10 Å². The average Bonchev–Trinajstić information content (AvgIpc) is 2.78. The number of hydrogen-bond acceptors (Lipinski definition) is 3. The summed E-state index contributed by atoms with van der Waals surface area (Å²) < 4.78 is 2.97. The highest BCUT2D eigenvalue weighted by molar-refractivity contribution is 9.10. The average molecular weight is 309 g/mol. The SMILES string of the molecule is Cc1cc(-n2nncc2CNC(C)C)ccc1Br. The quantitative estimate of drug-likeness (QED) is 0.944. The molecule has 1 aromatic heterocycles. The molecule has 0 radical (unpaired) electrons. The molecule has 0 aliphatic rings. The zero-order valence-electron chi connectivity index (χ0n) is 10.8. The van der Waals surface area contributed by atoms with Gasteiger partial charge in [-0.3, -0.25) is 0 Å². The van der Waals surface area contributed by atoms with Crippen LogP contribution in [0.5, 0.6) is 0 Å². The lowest BCUT2D eigenvalue weighted by Crippen LogP contribution is -2.23. The van der Waals surface area contributed by atoms with Crippen molar-refractivity contribution >= 4 is 15.9 Å². The second-order valence-electron chi connectivity index (χ2n) is 4.61. The van der Waals surface area contributed by atoms with E-state index in [-0.39, 0.29) is 0 Å². The van der Waals surface area contributed by atoms with Crippen molar-refractivity contribution in [3.63, 3.8) is 0 Å². The summed E-state index contributed by atoms with van der Waals surface area (Å²) >= 11 is 3.50. The number of halogens is 1. The summed E-state index contributed by atoms with van der Waals surface area (Å²) in [7, 11) is 0. The second kappa shape index (κ2) is 5.63. The van der Waals surface area contributed by atoms with Gasteiger partial charge in [-0.2, -0.15) is 0 Å². The summed E-state index contributed by atoms with van der Waals surface area (Å²) in [5.41, 5.74) is 3.28. The van der Waals surface area contributed by atoms with Gasteiger partial charge in [0.05, 0.1) is 17.6 Å². The molecule has 0 saturated carbocycles. The summed E-state index contributed by atoms with van der Waals surface area (Å²) in [6.45, 7) is 7.08. The largest absolute Gasteiger partial charge is 0.309 e. The summed E-state index contributed by atoms with van der Waals surface area (Å²) in [6, 6.07) is 6.61. The first-order valence-corrected chi connectivity index (χ1v) is 6.76. The first kappa shape index (κ1) is 13.2. The Morgan fingerprint density at radius 1 is 1.39 bits per heavy atom. The van der Waals surface area contributed by atoms with Gasteiger partial charge in [0, 0.05) is 17.1 Å². The van der Waals surface area contributed by atoms with Crippen LogP contribution in [0.15, 0.2) is 28.9 Å². The van der Waals surface area contributed by atoms with Crippen molar-refractivity contribution in [2.45, 2.75) is 33.4 Å². The molecule has 0 saturated heterocycles. The Hall–Kier alpha value is -1.20. The molecule has 4 nitrogen and oxygen atoms in total. The molecule has 0 bridgehead atoms. The number of hydrogen-bond donors (Lipinski definition) is 1. The molecule has 2 rings (SSSR count). The molecule has 1 aromatic carbocycles. The molecule has 0 amide bonds. The van der Waals surface area contributed by atoms with E-state index in [1.165, 1.54) is 5.56 Å². The van der Waals surface area contributed by atoms with Crippen LogP contribution in [-0.2, 0) is 6.54 Å². The molecular formula is C13H17BrN4. The summed E-state index contributed by atoms with van der Waals surface area (Å²) in [4.78, 5) is 0. The standard InChI is InChI=1S/C13H17BrN4/c1-9(2)15-7-12-8-16-17-18(12)11-4-5-13(14)10(3)6-11/h4-6,8-9,15H,7H2,1-3H3. The fourth-order valence-electron chi connectivity index (χ4n) is 1.66. The molecule has 5 heteroatoms. The highest BCUT2D eigenvalue weighted by Gasteiger charge is 2.07. The number of aryl methyl sites for hydroxylation is 1. The van der Waals surface area contributed by atoms with Gasteiger partial charge in [0.15, 0.2) is 0 Å². The van der Waals surface area contributed by atoms with E-state index < -0.39 is 0 Å². The lowest BCUT2D eigenvalue weighted by atomic mass is 10.2. The van der Waals surface area contributed by atoms with Crippen LogP contribution < -0.4 is 5.32 Å². The van der Waals surface area contributed by atoms with E-state index in [0.717, 1.165) is 22.4 Å². The summed E-state index contributed by atoms with van der Waals surface area (Å²) in [5.74, 6) is 0. The van der Waals surface area contributed by atoms with Gasteiger partial charge in [-0.05, 0) is 30.7 Å². The van der Waals surface area contributed by atoms with Gasteiger partial charge in [0.2, 0.25) is 0 Å². The van der Waals surface area contributed by atoms with Gasteiger partial charge < -0.3 is 5.32 Å². The molecule has 0 unspecified atom stereocenters. The number of aromatic nitrogens is 3. The van der Waals surface area contributed by atoms with Crippen molar-refractivity contribution in [2.24, 2.45) is 0 Å². The molecule has 1 heterocycles. The molecule has 96 valence electrons. The third-order valence-corrected chi connectivity index (χ3v) is 3.59. The van der Waals surface area contributed by atoms with E-state index >= 15 is 0 Å². The van der Waals surface area contributed by atoms with E-state index in [4.69, 9.17) is 0 Å². The summed E-state index contributed by atoms with van der Waals surface area (Å²) in [5, 5.41) is 11.5. The highest BCUT2D eigenvalue weighted by Crippen LogP contribution is 2.19. The van der Waals surface area contributed by atoms with E-state index in [0.29, 0.717) is 6.04 Å². The van der Waals surface area contributed by atoms with Crippen LogP contribution in [0.2, 0.25) is 0 Å². The molecule has 0 atom stereocenters. The van der Waals surface area contributed by atoms with Gasteiger partial charge >= 0.3 is 0 Å². The topological polar surface area (TPSA) is 42.7 Å². The molecule has 0 spiro atoms. The predicted molar refractivity (Wildman–Crippen MR) is 75.8 cm³/mol. The predicted octanol–water partition coefficient (Wildman–Crippen LogP) is 2.84. The normalized spacial score (nSPS) is 11.2. The van der Waals surface area contributed by atoms with Crippen molar-refractivity contribution in [3.8, 4) is 5.69 Å². The Kier molecular flexibility index (Phi) is 4.14. The molecule has 0 fully saturated rings. The Morgan fingerprint density at radius 3 is 2.83 bits per heavy atom. The second-order valence-corrected chi connectivity index (χ2v) is 5.46. The number of rotatable bonds is 4. The Balaban J connectivity index is 2.27. The van der Waals surface area contributed by atoms with E-state index in [9.17, 15) is 0 Å². The molecule has 18 heavy (non-hydrogen) atoms. The number of benzene rings is 1. The van der Waals surface area contributed by atoms with Crippen molar-refractivity contribution in [1.29, 1.82) is 0 Å². The van der Waals surface area contributed by atoms with Crippen molar-refractivity contribution in [3.05, 3.63) is 40.1 Å². The molecule has 0 aliphatic carbocycles. The lowest BCUT2D eigenvalue weighted by molar-refractivity contribution is 0.570. The van der Waals surface area contributed by atoms with Crippen molar-refractivity contribution in [2.75, 3.05) is 0 Å². The van der Waals surface area contributed by atoms with Gasteiger partial charge in [0.25, 0.3) is 0 Å². The highest BCUT2D eigenvalue weighted by atomic mass is 79.9. The van der Waals surface area contributed by atoms with Gasteiger partial charge in [-0.25, -0.2) is 4.68 Å². The Bertz CT molecular complexity index is 534. The van der Waals surface area contributed by atoms with Gasteiger partial charge in [-0.1, -0.05) is 35.0 Å². The maximum atomic E-state index is 4.15. The van der Waals surface area contributed by atoms with Crippen LogP contribution in [0, 0.1) is 6.92 Å². The van der Waals surface area contributed by atoms with Crippen molar-refractivity contribution < 1.29 is 0 Å². The van der Waals surface area contributed by atoms with Crippen molar-refractivity contribution in [1.82, 2.24) is 20.3 Å². The first-order chi connectivity index (χ1) is 8.58. The van der Waals surface area contributed by atoms with E-state index in [2.05, 4.69) is 58.4 Å². The molecule has 2 aromatic rings. The third kappa shape index (κ3) is 2.97. The summed E-state index contributed by atoms with van der Waals surface area (Å²) in [6.07, 6.45) is 1.80. The lowest BCUT2D eigenvalue weighted by Gasteiger charge is -2.10. The van der Waals surface area contributed by atoms with Crippen LogP contribution in [0.4, 0.5) is 0 Å². The van der Waals surface area contributed by atoms with Crippen LogP contribution in [0.1, 0.15) is 25.1 Å². The first-order valence-electron chi connectivity index (χ1n) is 5.97. The van der Waals surface area contributed by atoms with Crippen LogP contribution in [0.25, 0.3) is 5.69 Å². The fourth-order valence-corrected chi connectivity index (χ4v) is 1.91. The fraction of sp³-hybridized carbons (Fsp3) is 0.385. The molecule has 0 aliphatic heterocycles. The maximum absolute atomic E-state index is 4.15.